The second kappa shape index (κ2) is 7.40. The van der Waals surface area contributed by atoms with Gasteiger partial charge in [-0.3, -0.25) is 18.6 Å². The van der Waals surface area contributed by atoms with Crippen molar-refractivity contribution in [3.63, 3.8) is 0 Å². The molecule has 0 bridgehead atoms. The van der Waals surface area contributed by atoms with E-state index in [1.54, 1.807) is 10.6 Å². The molecule has 25 heavy (non-hydrogen) atoms. The third-order valence-electron chi connectivity index (χ3n) is 3.65. The fraction of sp³-hybridized carbons (Fsp3) is 0.294. The maximum Gasteiger partial charge on any atom is 0.262 e. The van der Waals surface area contributed by atoms with Crippen LogP contribution in [0.1, 0.15) is 13.3 Å². The molecule has 2 aromatic heterocycles. The van der Waals surface area contributed by atoms with Crippen molar-refractivity contribution >= 4 is 34.3 Å². The molecule has 0 radical (unpaired) electrons. The minimum absolute atomic E-state index is 0.0827. The van der Waals surface area contributed by atoms with Gasteiger partial charge in [0.15, 0.2) is 5.16 Å². The lowest BCUT2D eigenvalue weighted by Crippen LogP contribution is -2.25. The molecule has 7 nitrogen and oxygen atoms in total. The van der Waals surface area contributed by atoms with Crippen LogP contribution in [0.15, 0.2) is 34.2 Å². The summed E-state index contributed by atoms with van der Waals surface area (Å²) in [5.41, 5.74) is 0.645. The van der Waals surface area contributed by atoms with Gasteiger partial charge in [0.1, 0.15) is 0 Å². The predicted molar refractivity (Wildman–Crippen MR) is 97.6 cm³/mol. The molecule has 8 heteroatoms. The first-order valence-electron chi connectivity index (χ1n) is 7.87. The predicted octanol–water partition coefficient (Wildman–Crippen LogP) is 1.30. The molecule has 1 amide bonds. The van der Waals surface area contributed by atoms with Gasteiger partial charge in [0.05, 0.1) is 23.2 Å². The smallest absolute Gasteiger partial charge is 0.262 e. The van der Waals surface area contributed by atoms with Gasteiger partial charge in [-0.05, 0) is 18.6 Å². The van der Waals surface area contributed by atoms with Gasteiger partial charge in [-0.15, -0.1) is 16.6 Å². The summed E-state index contributed by atoms with van der Waals surface area (Å²) < 4.78 is 3.45. The molecule has 1 N–H and O–H groups in total. The Bertz CT molecular complexity index is 1030. The van der Waals surface area contributed by atoms with Crippen LogP contribution in [0.25, 0.3) is 16.7 Å². The quantitative estimate of drug-likeness (QED) is 0.532. The van der Waals surface area contributed by atoms with Crippen LogP contribution in [0.5, 0.6) is 0 Å². The van der Waals surface area contributed by atoms with Crippen molar-refractivity contribution in [3.8, 4) is 12.3 Å². The molecule has 3 rings (SSSR count). The highest BCUT2D eigenvalue weighted by Gasteiger charge is 2.17. The topological polar surface area (TPSA) is 81.3 Å². The van der Waals surface area contributed by atoms with E-state index in [9.17, 15) is 9.59 Å². The first-order valence-corrected chi connectivity index (χ1v) is 8.85. The summed E-state index contributed by atoms with van der Waals surface area (Å²) in [5, 5.41) is 12.1. The van der Waals surface area contributed by atoms with E-state index in [-0.39, 0.29) is 23.8 Å². The lowest BCUT2D eigenvalue weighted by molar-refractivity contribution is -0.118. The highest BCUT2D eigenvalue weighted by Crippen LogP contribution is 2.21. The van der Waals surface area contributed by atoms with Crippen molar-refractivity contribution in [2.24, 2.45) is 0 Å². The molecule has 0 atom stereocenters. The van der Waals surface area contributed by atoms with Crippen LogP contribution in [-0.2, 0) is 11.3 Å². The third kappa shape index (κ3) is 3.23. The Morgan fingerprint density at radius 3 is 2.92 bits per heavy atom. The van der Waals surface area contributed by atoms with Gasteiger partial charge >= 0.3 is 0 Å². The summed E-state index contributed by atoms with van der Waals surface area (Å²) in [6.45, 7) is 2.75. The fourth-order valence-electron chi connectivity index (χ4n) is 2.58. The standard InChI is InChI=1S/C17H17N5O2S/c1-3-9-18-14(23)11-25-17-20-19-16-21(10-4-2)15(24)12-7-5-6-8-13(12)22(16)17/h1,5-8H,4,9-11H2,2H3,(H,18,23). The van der Waals surface area contributed by atoms with Crippen LogP contribution in [0, 0.1) is 12.3 Å². The fourth-order valence-corrected chi connectivity index (χ4v) is 3.35. The zero-order valence-electron chi connectivity index (χ0n) is 13.7. The second-order valence-electron chi connectivity index (χ2n) is 5.36. The Labute approximate surface area is 148 Å². The van der Waals surface area contributed by atoms with Crippen molar-refractivity contribution < 1.29 is 4.79 Å². The van der Waals surface area contributed by atoms with E-state index in [4.69, 9.17) is 6.42 Å². The molecular formula is C17H17N5O2S. The number of fused-ring (bicyclic) bond motifs is 3. The minimum Gasteiger partial charge on any atom is -0.344 e. The lowest BCUT2D eigenvalue weighted by Gasteiger charge is -2.10. The van der Waals surface area contributed by atoms with Crippen LogP contribution in [-0.4, -0.2) is 37.4 Å². The normalized spacial score (nSPS) is 10.9. The number of thioether (sulfide) groups is 1. The second-order valence-corrected chi connectivity index (χ2v) is 6.30. The molecule has 0 saturated heterocycles. The van der Waals surface area contributed by atoms with E-state index >= 15 is 0 Å². The summed E-state index contributed by atoms with van der Waals surface area (Å²) in [4.78, 5) is 24.5. The molecule has 0 aliphatic carbocycles. The van der Waals surface area contributed by atoms with E-state index in [0.29, 0.717) is 22.9 Å². The van der Waals surface area contributed by atoms with Gasteiger partial charge in [-0.2, -0.15) is 0 Å². The van der Waals surface area contributed by atoms with E-state index in [1.165, 1.54) is 11.8 Å². The van der Waals surface area contributed by atoms with Crippen molar-refractivity contribution in [2.45, 2.75) is 25.0 Å². The summed E-state index contributed by atoms with van der Waals surface area (Å²) in [5.74, 6) is 2.84. The van der Waals surface area contributed by atoms with E-state index in [2.05, 4.69) is 21.4 Å². The van der Waals surface area contributed by atoms with Crippen LogP contribution < -0.4 is 10.9 Å². The van der Waals surface area contributed by atoms with E-state index in [0.717, 1.165) is 11.9 Å². The SMILES string of the molecule is C#CCNC(=O)CSc1nnc2n(CCC)c(=O)c3ccccc3n12. The number of aromatic nitrogens is 4. The number of para-hydroxylation sites is 1. The third-order valence-corrected chi connectivity index (χ3v) is 4.57. The molecule has 2 heterocycles. The highest BCUT2D eigenvalue weighted by atomic mass is 32.2. The number of hydrogen-bond donors (Lipinski definition) is 1. The highest BCUT2D eigenvalue weighted by molar-refractivity contribution is 7.99. The van der Waals surface area contributed by atoms with Gasteiger partial charge in [0, 0.05) is 6.54 Å². The number of nitrogens with one attached hydrogen (secondary N) is 1. The molecular weight excluding hydrogens is 338 g/mol. The number of aryl methyl sites for hydroxylation is 1. The van der Waals surface area contributed by atoms with Crippen molar-refractivity contribution in [3.05, 3.63) is 34.6 Å². The monoisotopic (exact) mass is 355 g/mol. The molecule has 0 fully saturated rings. The van der Waals surface area contributed by atoms with E-state index in [1.807, 2.05) is 29.5 Å². The van der Waals surface area contributed by atoms with Crippen LogP contribution in [0.2, 0.25) is 0 Å². The Hall–Kier alpha value is -2.79. The Morgan fingerprint density at radius 1 is 1.36 bits per heavy atom. The number of carbonyl (C=O) groups excluding carboxylic acids is 1. The maximum atomic E-state index is 12.7. The Kier molecular flexibility index (Phi) is 5.05. The van der Waals surface area contributed by atoms with Crippen LogP contribution in [0.3, 0.4) is 0 Å². The summed E-state index contributed by atoms with van der Waals surface area (Å²) in [7, 11) is 0. The molecule has 0 spiro atoms. The van der Waals surface area contributed by atoms with E-state index < -0.39 is 0 Å². The molecule has 0 aliphatic heterocycles. The molecule has 0 unspecified atom stereocenters. The first kappa shape index (κ1) is 17.0. The largest absolute Gasteiger partial charge is 0.344 e. The Balaban J connectivity index is 2.08. The molecule has 128 valence electrons. The van der Waals surface area contributed by atoms with Crippen molar-refractivity contribution in [1.29, 1.82) is 0 Å². The number of benzene rings is 1. The summed E-state index contributed by atoms with van der Waals surface area (Å²) >= 11 is 1.26. The van der Waals surface area contributed by atoms with Crippen molar-refractivity contribution in [1.82, 2.24) is 24.5 Å². The van der Waals surface area contributed by atoms with Gasteiger partial charge in [-0.1, -0.05) is 36.7 Å². The van der Waals surface area contributed by atoms with Crippen LogP contribution in [0.4, 0.5) is 0 Å². The number of rotatable bonds is 6. The lowest BCUT2D eigenvalue weighted by atomic mass is 10.2. The molecule has 1 aromatic carbocycles. The minimum atomic E-state index is -0.175. The number of amides is 1. The summed E-state index contributed by atoms with van der Waals surface area (Å²) in [6.07, 6.45) is 5.94. The summed E-state index contributed by atoms with van der Waals surface area (Å²) in [6, 6.07) is 7.33. The average Bonchev–Trinajstić information content (AvgIpc) is 3.05. The van der Waals surface area contributed by atoms with Crippen LogP contribution >= 0.6 is 11.8 Å². The maximum absolute atomic E-state index is 12.7. The average molecular weight is 355 g/mol. The number of hydrogen-bond acceptors (Lipinski definition) is 5. The molecule has 0 saturated carbocycles. The van der Waals surface area contributed by atoms with Gasteiger partial charge < -0.3 is 5.32 Å². The van der Waals surface area contributed by atoms with Gasteiger partial charge in [-0.25, -0.2) is 0 Å². The molecule has 0 aliphatic rings. The van der Waals surface area contributed by atoms with Gasteiger partial charge in [0.2, 0.25) is 11.7 Å². The zero-order chi connectivity index (χ0) is 17.8. The first-order chi connectivity index (χ1) is 12.2. The van der Waals surface area contributed by atoms with Crippen molar-refractivity contribution in [2.75, 3.05) is 12.3 Å². The Morgan fingerprint density at radius 2 is 2.16 bits per heavy atom. The number of nitrogens with zero attached hydrogens (tertiary/aromatic N) is 4. The number of terminal acetylenes is 1. The number of carbonyl (C=O) groups is 1. The zero-order valence-corrected chi connectivity index (χ0v) is 14.5. The molecule has 3 aromatic rings. The van der Waals surface area contributed by atoms with Gasteiger partial charge in [0.25, 0.3) is 5.56 Å².